The van der Waals surface area contributed by atoms with E-state index in [0.29, 0.717) is 34.8 Å². The highest BCUT2D eigenvalue weighted by Crippen LogP contribution is 2.31. The van der Waals surface area contributed by atoms with Crippen LogP contribution in [0.2, 0.25) is 0 Å². The van der Waals surface area contributed by atoms with Gasteiger partial charge in [-0.25, -0.2) is 0 Å². The lowest BCUT2D eigenvalue weighted by Crippen LogP contribution is -2.38. The van der Waals surface area contributed by atoms with E-state index in [1.807, 2.05) is 17.9 Å². The number of benzene rings is 2. The zero-order valence-electron chi connectivity index (χ0n) is 17.5. The smallest absolute Gasteiger partial charge is 0.260 e. The number of ether oxygens (including phenoxy) is 3. The SMILES string of the molecule is CCOc1ccccc1Oc1coc2cc(OCC(=O)N3CCCCC3)ccc2c1=O. The summed E-state index contributed by atoms with van der Waals surface area (Å²) in [7, 11) is 0. The van der Waals surface area contributed by atoms with Crippen molar-refractivity contribution < 1.29 is 23.4 Å². The van der Waals surface area contributed by atoms with Gasteiger partial charge in [0.05, 0.1) is 12.0 Å². The summed E-state index contributed by atoms with van der Waals surface area (Å²) >= 11 is 0. The highest BCUT2D eigenvalue weighted by Gasteiger charge is 2.17. The van der Waals surface area contributed by atoms with Crippen molar-refractivity contribution in [2.24, 2.45) is 0 Å². The Kier molecular flexibility index (Phi) is 6.40. The van der Waals surface area contributed by atoms with E-state index >= 15 is 0 Å². The number of amides is 1. The van der Waals surface area contributed by atoms with Crippen LogP contribution in [0.4, 0.5) is 0 Å². The number of carbonyl (C=O) groups excluding carboxylic acids is 1. The molecule has 0 bridgehead atoms. The van der Waals surface area contributed by atoms with Crippen LogP contribution < -0.4 is 19.6 Å². The summed E-state index contributed by atoms with van der Waals surface area (Å²) in [6.45, 7) is 3.88. The Morgan fingerprint density at radius 2 is 1.77 bits per heavy atom. The number of carbonyl (C=O) groups is 1. The van der Waals surface area contributed by atoms with E-state index in [4.69, 9.17) is 18.6 Å². The third-order valence-electron chi connectivity index (χ3n) is 5.15. The summed E-state index contributed by atoms with van der Waals surface area (Å²) in [6, 6.07) is 12.0. The molecule has 1 aromatic heterocycles. The van der Waals surface area contributed by atoms with Crippen LogP contribution in [0, 0.1) is 0 Å². The lowest BCUT2D eigenvalue weighted by atomic mass is 10.1. The Balaban J connectivity index is 1.49. The minimum atomic E-state index is -0.302. The first-order valence-electron chi connectivity index (χ1n) is 10.5. The van der Waals surface area contributed by atoms with Crippen molar-refractivity contribution in [1.82, 2.24) is 4.90 Å². The average molecular weight is 423 g/mol. The minimum absolute atomic E-state index is 0.0297. The molecule has 0 unspecified atom stereocenters. The standard InChI is InChI=1S/C24H25NO6/c1-2-28-19-8-4-5-9-20(19)31-22-15-30-21-14-17(10-11-18(21)24(22)27)29-16-23(26)25-12-6-3-7-13-25/h4-5,8-11,14-15H,2-3,6-7,12-13,16H2,1H3. The Morgan fingerprint density at radius 1 is 1.00 bits per heavy atom. The molecule has 1 saturated heterocycles. The van der Waals surface area contributed by atoms with Crippen LogP contribution in [0.15, 0.2) is 57.9 Å². The summed E-state index contributed by atoms with van der Waals surface area (Å²) < 4.78 is 22.6. The maximum absolute atomic E-state index is 12.9. The van der Waals surface area contributed by atoms with Crippen LogP contribution in [0.5, 0.6) is 23.0 Å². The fourth-order valence-corrected chi connectivity index (χ4v) is 3.56. The number of hydrogen-bond acceptors (Lipinski definition) is 6. The molecule has 0 atom stereocenters. The molecule has 0 aliphatic carbocycles. The largest absolute Gasteiger partial charge is 0.490 e. The first-order valence-corrected chi connectivity index (χ1v) is 10.5. The Bertz CT molecular complexity index is 1120. The van der Waals surface area contributed by atoms with E-state index in [0.717, 1.165) is 32.4 Å². The minimum Gasteiger partial charge on any atom is -0.490 e. The summed E-state index contributed by atoms with van der Waals surface area (Å²) in [5.74, 6) is 1.49. The molecular weight excluding hydrogens is 398 g/mol. The van der Waals surface area contributed by atoms with Gasteiger partial charge in [-0.2, -0.15) is 0 Å². The summed E-state index contributed by atoms with van der Waals surface area (Å²) in [5.41, 5.74) is 0.0573. The predicted molar refractivity (Wildman–Crippen MR) is 116 cm³/mol. The van der Waals surface area contributed by atoms with Crippen molar-refractivity contribution in [1.29, 1.82) is 0 Å². The molecule has 0 radical (unpaired) electrons. The zero-order chi connectivity index (χ0) is 21.6. The van der Waals surface area contributed by atoms with Gasteiger partial charge in [-0.1, -0.05) is 12.1 Å². The zero-order valence-corrected chi connectivity index (χ0v) is 17.5. The van der Waals surface area contributed by atoms with Crippen LogP contribution in [0.25, 0.3) is 11.0 Å². The van der Waals surface area contributed by atoms with Crippen molar-refractivity contribution in [2.75, 3.05) is 26.3 Å². The normalized spacial score (nSPS) is 13.8. The molecular formula is C24H25NO6. The van der Waals surface area contributed by atoms with Crippen molar-refractivity contribution in [2.45, 2.75) is 26.2 Å². The molecule has 1 aliphatic heterocycles. The van der Waals surface area contributed by atoms with Crippen molar-refractivity contribution in [3.8, 4) is 23.0 Å². The Hall–Kier alpha value is -3.48. The molecule has 1 fully saturated rings. The van der Waals surface area contributed by atoms with Gasteiger partial charge in [-0.15, -0.1) is 0 Å². The number of nitrogens with zero attached hydrogens (tertiary/aromatic N) is 1. The lowest BCUT2D eigenvalue weighted by molar-refractivity contribution is -0.134. The second-order valence-corrected chi connectivity index (χ2v) is 7.30. The number of rotatable bonds is 7. The molecule has 0 spiro atoms. The van der Waals surface area contributed by atoms with E-state index in [9.17, 15) is 9.59 Å². The fourth-order valence-electron chi connectivity index (χ4n) is 3.56. The second kappa shape index (κ2) is 9.55. The van der Waals surface area contributed by atoms with E-state index in [1.165, 1.54) is 6.26 Å². The van der Waals surface area contributed by atoms with Gasteiger partial charge in [0.1, 0.15) is 17.6 Å². The molecule has 0 N–H and O–H groups in total. The van der Waals surface area contributed by atoms with Crippen molar-refractivity contribution in [3.63, 3.8) is 0 Å². The molecule has 1 aliphatic rings. The van der Waals surface area contributed by atoms with Crippen LogP contribution in [-0.2, 0) is 4.79 Å². The quantitative estimate of drug-likeness (QED) is 0.561. The third kappa shape index (κ3) is 4.82. The number of fused-ring (bicyclic) bond motifs is 1. The Labute approximate surface area is 180 Å². The highest BCUT2D eigenvalue weighted by molar-refractivity contribution is 5.80. The van der Waals surface area contributed by atoms with Gasteiger partial charge in [-0.05, 0) is 50.5 Å². The van der Waals surface area contributed by atoms with Gasteiger partial charge < -0.3 is 23.5 Å². The molecule has 2 aromatic carbocycles. The lowest BCUT2D eigenvalue weighted by Gasteiger charge is -2.26. The summed E-state index contributed by atoms with van der Waals surface area (Å²) in [5, 5.41) is 0.362. The molecule has 162 valence electrons. The van der Waals surface area contributed by atoms with Crippen LogP contribution in [0.3, 0.4) is 0 Å². The summed E-state index contributed by atoms with van der Waals surface area (Å²) in [4.78, 5) is 27.0. The topological polar surface area (TPSA) is 78.2 Å². The molecule has 2 heterocycles. The average Bonchev–Trinajstić information content (AvgIpc) is 2.81. The fraction of sp³-hybridized carbons (Fsp3) is 0.333. The Morgan fingerprint density at radius 3 is 2.55 bits per heavy atom. The number of hydrogen-bond donors (Lipinski definition) is 0. The molecule has 7 nitrogen and oxygen atoms in total. The highest BCUT2D eigenvalue weighted by atomic mass is 16.5. The van der Waals surface area contributed by atoms with Crippen LogP contribution in [-0.4, -0.2) is 37.1 Å². The van der Waals surface area contributed by atoms with Crippen molar-refractivity contribution >= 4 is 16.9 Å². The molecule has 31 heavy (non-hydrogen) atoms. The maximum Gasteiger partial charge on any atom is 0.260 e. The third-order valence-corrected chi connectivity index (χ3v) is 5.15. The van der Waals surface area contributed by atoms with Gasteiger partial charge in [0.2, 0.25) is 11.2 Å². The van der Waals surface area contributed by atoms with E-state index in [1.54, 1.807) is 36.4 Å². The number of likely N-dealkylation sites (tertiary alicyclic amines) is 1. The van der Waals surface area contributed by atoms with E-state index in [-0.39, 0.29) is 23.7 Å². The number of piperidine rings is 1. The summed E-state index contributed by atoms with van der Waals surface area (Å²) in [6.07, 6.45) is 4.51. The number of para-hydroxylation sites is 2. The molecule has 4 rings (SSSR count). The van der Waals surface area contributed by atoms with Crippen LogP contribution in [0.1, 0.15) is 26.2 Å². The van der Waals surface area contributed by atoms with E-state index in [2.05, 4.69) is 0 Å². The second-order valence-electron chi connectivity index (χ2n) is 7.30. The van der Waals surface area contributed by atoms with E-state index < -0.39 is 0 Å². The monoisotopic (exact) mass is 423 g/mol. The maximum atomic E-state index is 12.9. The van der Waals surface area contributed by atoms with Gasteiger partial charge in [0, 0.05) is 19.2 Å². The van der Waals surface area contributed by atoms with Crippen molar-refractivity contribution in [3.05, 3.63) is 59.0 Å². The first-order chi connectivity index (χ1) is 15.2. The van der Waals surface area contributed by atoms with Gasteiger partial charge in [-0.3, -0.25) is 9.59 Å². The van der Waals surface area contributed by atoms with Gasteiger partial charge >= 0.3 is 0 Å². The molecule has 7 heteroatoms. The predicted octanol–water partition coefficient (Wildman–Crippen LogP) is 4.38. The van der Waals surface area contributed by atoms with Gasteiger partial charge in [0.15, 0.2) is 18.1 Å². The van der Waals surface area contributed by atoms with Gasteiger partial charge in [0.25, 0.3) is 5.91 Å². The molecule has 1 amide bonds. The first kappa shape index (κ1) is 20.8. The molecule has 3 aromatic rings. The molecule has 0 saturated carbocycles. The van der Waals surface area contributed by atoms with Crippen LogP contribution >= 0.6 is 0 Å².